The van der Waals surface area contributed by atoms with Crippen molar-refractivity contribution in [1.29, 1.82) is 0 Å². The molecule has 1 aliphatic carbocycles. The number of allylic oxidation sites excluding steroid dienone is 1. The molecule has 0 saturated carbocycles. The molecule has 3 N–H and O–H groups in total. The molecular formula is C47H55N11O5. The molecule has 3 aromatic heterocycles. The normalized spacial score (nSPS) is 20.4. The summed E-state index contributed by atoms with van der Waals surface area (Å²) in [5.74, 6) is 0.674. The number of carbonyl (C=O) groups excluding carboxylic acids is 3. The summed E-state index contributed by atoms with van der Waals surface area (Å²) in [6, 6.07) is 17.4. The summed E-state index contributed by atoms with van der Waals surface area (Å²) in [4.78, 5) is 74.1. The standard InChI is InChI=1S/C45H49N11O5.C2H6/c1-2-18-55-44(61)33-25-46-45(50-41(33)56(55)38-14-7-29-6-13-37(57)40(29)48-38)47-30-8-10-31(11-9-30)52-19-16-28(17-20-52)26-51-21-23-53(24-22-51)35-5-3-4-32-34(35)27-54(43(32)60)36-12-15-39(58)49-42(36)59;1-2/h2-5,7-11,14,25,28,36-37,57H,1,6,12-13,15-24,26-27H2,(H,46,47,50)(H,49,58,59);1-2H3. The lowest BCUT2D eigenvalue weighted by atomic mass is 9.95. The van der Waals surface area contributed by atoms with Gasteiger partial charge in [-0.1, -0.05) is 32.1 Å². The van der Waals surface area contributed by atoms with Crippen LogP contribution in [-0.2, 0) is 29.1 Å². The maximum atomic E-state index is 13.4. The summed E-state index contributed by atoms with van der Waals surface area (Å²) in [7, 11) is 0. The van der Waals surface area contributed by atoms with Gasteiger partial charge in [-0.05, 0) is 86.1 Å². The van der Waals surface area contributed by atoms with Crippen LogP contribution in [0, 0.1) is 5.92 Å². The quantitative estimate of drug-likeness (QED) is 0.131. The molecular weight excluding hydrogens is 799 g/mol. The molecule has 0 radical (unpaired) electrons. The lowest BCUT2D eigenvalue weighted by molar-refractivity contribution is -0.136. The van der Waals surface area contributed by atoms with Gasteiger partial charge in [0.15, 0.2) is 11.5 Å². The van der Waals surface area contributed by atoms with E-state index >= 15 is 0 Å². The highest BCUT2D eigenvalue weighted by molar-refractivity contribution is 6.06. The van der Waals surface area contributed by atoms with Crippen molar-refractivity contribution in [2.75, 3.05) is 60.9 Å². The minimum atomic E-state index is -0.631. The number of amides is 3. The van der Waals surface area contributed by atoms with Gasteiger partial charge in [0, 0.05) is 93.2 Å². The van der Waals surface area contributed by atoms with E-state index in [-0.39, 0.29) is 36.2 Å². The van der Waals surface area contributed by atoms with Crippen molar-refractivity contribution in [3.63, 3.8) is 0 Å². The van der Waals surface area contributed by atoms with Gasteiger partial charge in [0.05, 0.1) is 18.3 Å². The first-order valence-electron chi connectivity index (χ1n) is 22.4. The molecule has 3 amide bonds. The fourth-order valence-corrected chi connectivity index (χ4v) is 9.81. The number of imide groups is 1. The first-order chi connectivity index (χ1) is 30.7. The Hall–Kier alpha value is -6.39. The van der Waals surface area contributed by atoms with Gasteiger partial charge in [0.1, 0.15) is 11.4 Å². The van der Waals surface area contributed by atoms with E-state index in [9.17, 15) is 24.3 Å². The molecule has 3 saturated heterocycles. The van der Waals surface area contributed by atoms with Crippen molar-refractivity contribution >= 4 is 51.8 Å². The molecule has 328 valence electrons. The third-order valence-corrected chi connectivity index (χ3v) is 13.1. The molecule has 5 aliphatic rings. The van der Waals surface area contributed by atoms with Crippen LogP contribution < -0.4 is 26.0 Å². The van der Waals surface area contributed by atoms with Crippen molar-refractivity contribution in [3.8, 4) is 5.82 Å². The predicted molar refractivity (Wildman–Crippen MR) is 242 cm³/mol. The number of carbonyl (C=O) groups is 3. The number of aliphatic hydroxyl groups excluding tert-OH is 1. The fraction of sp³-hybridized carbons (Fsp3) is 0.426. The third kappa shape index (κ3) is 8.08. The van der Waals surface area contributed by atoms with Crippen LogP contribution >= 0.6 is 0 Å². The molecule has 5 aromatic rings. The molecule has 16 heteroatoms. The Labute approximate surface area is 366 Å². The van der Waals surface area contributed by atoms with E-state index in [4.69, 9.17) is 9.97 Å². The van der Waals surface area contributed by atoms with E-state index in [1.807, 2.05) is 50.2 Å². The molecule has 7 heterocycles. The molecule has 0 spiro atoms. The maximum absolute atomic E-state index is 13.4. The van der Waals surface area contributed by atoms with Gasteiger partial charge in [-0.15, -0.1) is 6.58 Å². The van der Waals surface area contributed by atoms with Crippen LogP contribution in [0.5, 0.6) is 0 Å². The lowest BCUT2D eigenvalue weighted by Crippen LogP contribution is -2.52. The zero-order valence-electron chi connectivity index (χ0n) is 36.0. The number of hydrogen-bond donors (Lipinski definition) is 3. The number of benzene rings is 2. The van der Waals surface area contributed by atoms with Gasteiger partial charge in [-0.25, -0.2) is 19.3 Å². The Balaban J connectivity index is 0.00000249. The topological polar surface area (TPSA) is 174 Å². The van der Waals surface area contributed by atoms with Crippen LogP contribution in [0.2, 0.25) is 0 Å². The Morgan fingerprint density at radius 3 is 2.40 bits per heavy atom. The second kappa shape index (κ2) is 17.8. The van der Waals surface area contributed by atoms with Gasteiger partial charge in [-0.2, -0.15) is 4.98 Å². The molecule has 63 heavy (non-hydrogen) atoms. The Morgan fingerprint density at radius 2 is 1.65 bits per heavy atom. The molecule has 2 atom stereocenters. The first kappa shape index (κ1) is 41.9. The summed E-state index contributed by atoms with van der Waals surface area (Å²) in [6.07, 6.45) is 6.80. The van der Waals surface area contributed by atoms with Crippen molar-refractivity contribution in [2.24, 2.45) is 5.92 Å². The van der Waals surface area contributed by atoms with Crippen LogP contribution in [0.15, 0.2) is 78.2 Å². The van der Waals surface area contributed by atoms with Crippen LogP contribution in [0.25, 0.3) is 16.9 Å². The minimum Gasteiger partial charge on any atom is -0.387 e. The Morgan fingerprint density at radius 1 is 0.873 bits per heavy atom. The summed E-state index contributed by atoms with van der Waals surface area (Å²) in [5.41, 5.74) is 6.52. The number of anilines is 4. The van der Waals surface area contributed by atoms with E-state index < -0.39 is 12.1 Å². The summed E-state index contributed by atoms with van der Waals surface area (Å²) in [6.45, 7) is 15.2. The van der Waals surface area contributed by atoms with E-state index in [0.29, 0.717) is 59.4 Å². The van der Waals surface area contributed by atoms with Crippen LogP contribution in [-0.4, -0.2) is 109 Å². The van der Waals surface area contributed by atoms with Gasteiger partial charge in [-0.3, -0.25) is 29.4 Å². The molecule has 2 unspecified atom stereocenters. The maximum Gasteiger partial charge on any atom is 0.278 e. The van der Waals surface area contributed by atoms with Crippen molar-refractivity contribution in [3.05, 3.63) is 106 Å². The van der Waals surface area contributed by atoms with E-state index in [2.05, 4.69) is 55.1 Å². The van der Waals surface area contributed by atoms with Crippen LogP contribution in [0.1, 0.15) is 79.2 Å². The molecule has 4 aliphatic heterocycles. The molecule has 0 bridgehead atoms. The van der Waals surface area contributed by atoms with Gasteiger partial charge in [0.2, 0.25) is 17.8 Å². The van der Waals surface area contributed by atoms with Gasteiger partial charge in [0.25, 0.3) is 11.5 Å². The van der Waals surface area contributed by atoms with Crippen molar-refractivity contribution in [1.82, 2.24) is 39.4 Å². The second-order valence-corrected chi connectivity index (χ2v) is 16.8. The fourth-order valence-electron chi connectivity index (χ4n) is 9.81. The number of rotatable bonds is 10. The van der Waals surface area contributed by atoms with Gasteiger partial charge < -0.3 is 25.1 Å². The Bertz CT molecular complexity index is 2610. The minimum absolute atomic E-state index is 0.135. The Kier molecular flexibility index (Phi) is 11.8. The van der Waals surface area contributed by atoms with E-state index in [0.717, 1.165) is 87.6 Å². The van der Waals surface area contributed by atoms with Crippen LogP contribution in [0.4, 0.5) is 23.0 Å². The number of fused-ring (bicyclic) bond motifs is 3. The third-order valence-electron chi connectivity index (χ3n) is 13.1. The summed E-state index contributed by atoms with van der Waals surface area (Å²) < 4.78 is 3.22. The number of pyridine rings is 1. The lowest BCUT2D eigenvalue weighted by Gasteiger charge is -2.40. The number of aliphatic hydroxyl groups is 1. The van der Waals surface area contributed by atoms with Crippen LogP contribution in [0.3, 0.4) is 0 Å². The number of hydrogen-bond acceptors (Lipinski definition) is 12. The number of nitrogens with one attached hydrogen (secondary N) is 2. The molecule has 10 rings (SSSR count). The number of nitrogens with zero attached hydrogens (tertiary/aromatic N) is 9. The summed E-state index contributed by atoms with van der Waals surface area (Å²) in [5, 5.41) is 16.6. The average molecular weight is 854 g/mol. The van der Waals surface area contributed by atoms with E-state index in [1.54, 1.807) is 21.9 Å². The smallest absolute Gasteiger partial charge is 0.278 e. The highest BCUT2D eigenvalue weighted by Crippen LogP contribution is 2.35. The average Bonchev–Trinajstić information content (AvgIpc) is 3.94. The highest BCUT2D eigenvalue weighted by Gasteiger charge is 2.40. The monoisotopic (exact) mass is 853 g/mol. The highest BCUT2D eigenvalue weighted by atomic mass is 16.3. The van der Waals surface area contributed by atoms with Gasteiger partial charge >= 0.3 is 0 Å². The number of aryl methyl sites for hydroxylation is 1. The van der Waals surface area contributed by atoms with Crippen molar-refractivity contribution in [2.45, 2.75) is 77.6 Å². The second-order valence-electron chi connectivity index (χ2n) is 16.8. The SMILES string of the molecule is C=CCn1c(=O)c2cnc(Nc3ccc(N4CCC(CN5CCN(c6cccc7c6CN(C6CCC(=O)NC6=O)C7=O)CC5)CC4)cc3)nc2n1-c1ccc2c(n1)C(O)CC2.CC. The zero-order chi connectivity index (χ0) is 43.8. The zero-order valence-corrected chi connectivity index (χ0v) is 36.0. The van der Waals surface area contributed by atoms with Crippen molar-refractivity contribution < 1.29 is 19.5 Å². The predicted octanol–water partition coefficient (Wildman–Crippen LogP) is 4.71. The number of piperazine rings is 1. The molecule has 2 aromatic carbocycles. The molecule has 16 nitrogen and oxygen atoms in total. The van der Waals surface area contributed by atoms with E-state index in [1.165, 1.54) is 10.4 Å². The largest absolute Gasteiger partial charge is 0.387 e. The first-order valence-corrected chi connectivity index (χ1v) is 22.4. The number of aromatic nitrogens is 5. The number of piperidine rings is 2. The summed E-state index contributed by atoms with van der Waals surface area (Å²) >= 11 is 0. The molecule has 3 fully saturated rings.